The van der Waals surface area contributed by atoms with Gasteiger partial charge in [0.15, 0.2) is 0 Å². The molecule has 3 aromatic carbocycles. The Kier molecular flexibility index (Phi) is 6.61. The maximum Gasteiger partial charge on any atom is 0.248 e. The van der Waals surface area contributed by atoms with E-state index in [0.29, 0.717) is 22.6 Å². The highest BCUT2D eigenvalue weighted by atomic mass is 35.5. The zero-order chi connectivity index (χ0) is 24.4. The first-order valence-electron chi connectivity index (χ1n) is 10.5. The average Bonchev–Trinajstić information content (AvgIpc) is 3.25. The third-order valence-electron chi connectivity index (χ3n) is 5.60. The molecule has 0 radical (unpaired) electrons. The van der Waals surface area contributed by atoms with Crippen LogP contribution in [0.2, 0.25) is 5.02 Å². The first-order valence-corrected chi connectivity index (χ1v) is 10.9. The van der Waals surface area contributed by atoms with Gasteiger partial charge < -0.3 is 19.2 Å². The van der Waals surface area contributed by atoms with E-state index in [2.05, 4.69) is 5.32 Å². The van der Waals surface area contributed by atoms with Crippen LogP contribution in [0.1, 0.15) is 18.1 Å². The molecule has 1 N–H and O–H groups in total. The Labute approximate surface area is 201 Å². The molecule has 1 heterocycles. The van der Waals surface area contributed by atoms with E-state index in [4.69, 9.17) is 25.5 Å². The molecule has 4 rings (SSSR count). The number of halogens is 2. The van der Waals surface area contributed by atoms with Crippen LogP contribution in [0.15, 0.2) is 65.3 Å². The van der Waals surface area contributed by atoms with Crippen LogP contribution in [0.5, 0.6) is 11.5 Å². The fourth-order valence-electron chi connectivity index (χ4n) is 3.97. The summed E-state index contributed by atoms with van der Waals surface area (Å²) in [4.78, 5) is 12.7. The zero-order valence-electron chi connectivity index (χ0n) is 19.2. The zero-order valence-corrected chi connectivity index (χ0v) is 19.9. The monoisotopic (exact) mass is 479 g/mol. The van der Waals surface area contributed by atoms with Crippen molar-refractivity contribution in [2.24, 2.45) is 0 Å². The summed E-state index contributed by atoms with van der Waals surface area (Å²) < 4.78 is 30.5. The Hall–Kier alpha value is -3.77. The van der Waals surface area contributed by atoms with Crippen molar-refractivity contribution in [2.45, 2.75) is 13.8 Å². The van der Waals surface area contributed by atoms with E-state index in [9.17, 15) is 9.18 Å². The highest BCUT2D eigenvalue weighted by Gasteiger charge is 2.20. The van der Waals surface area contributed by atoms with Crippen molar-refractivity contribution in [1.82, 2.24) is 0 Å². The standard InChI is InChI=1S/C27H23ClFNO4/c1-15(11-25(31)30-17-9-10-23(29)22(28)12-17)19-13-20-21(18-7-5-6-8-24(18)32-3)14-34-27(20)16(2)26(19)33-4/h5-14H,1-4H3,(H,30,31)/b15-11+. The number of carbonyl (C=O) groups excluding carboxylic acids is 1. The van der Waals surface area contributed by atoms with Gasteiger partial charge in [0.2, 0.25) is 5.91 Å². The number of methoxy groups -OCH3 is 2. The second-order valence-electron chi connectivity index (χ2n) is 7.75. The van der Waals surface area contributed by atoms with Crippen LogP contribution in [0.25, 0.3) is 27.7 Å². The van der Waals surface area contributed by atoms with Gasteiger partial charge >= 0.3 is 0 Å². The predicted octanol–water partition coefficient (Wildman–Crippen LogP) is 7.26. The number of furan rings is 1. The van der Waals surface area contributed by atoms with E-state index in [1.54, 1.807) is 20.5 Å². The van der Waals surface area contributed by atoms with Crippen molar-refractivity contribution in [1.29, 1.82) is 0 Å². The lowest BCUT2D eigenvalue weighted by molar-refractivity contribution is -0.111. The number of amides is 1. The number of hydrogen-bond acceptors (Lipinski definition) is 4. The second-order valence-corrected chi connectivity index (χ2v) is 8.16. The van der Waals surface area contributed by atoms with E-state index >= 15 is 0 Å². The van der Waals surface area contributed by atoms with E-state index in [-0.39, 0.29) is 10.9 Å². The SMILES string of the molecule is COc1ccccc1-c1coc2c(C)c(OC)c(/C(C)=C/C(=O)Nc3ccc(F)c(Cl)c3)cc12. The van der Waals surface area contributed by atoms with Crippen LogP contribution in [0.3, 0.4) is 0 Å². The smallest absolute Gasteiger partial charge is 0.248 e. The van der Waals surface area contributed by atoms with Crippen LogP contribution in [0.4, 0.5) is 10.1 Å². The fourth-order valence-corrected chi connectivity index (χ4v) is 4.15. The van der Waals surface area contributed by atoms with Crippen molar-refractivity contribution in [3.05, 3.63) is 82.8 Å². The average molecular weight is 480 g/mol. The summed E-state index contributed by atoms with van der Waals surface area (Å²) in [6, 6.07) is 13.7. The van der Waals surface area contributed by atoms with Gasteiger partial charge in [-0.15, -0.1) is 0 Å². The lowest BCUT2D eigenvalue weighted by atomic mass is 9.96. The summed E-state index contributed by atoms with van der Waals surface area (Å²) in [5.74, 6) is 0.410. The van der Waals surface area contributed by atoms with Gasteiger partial charge in [-0.2, -0.15) is 0 Å². The fraction of sp³-hybridized carbons (Fsp3) is 0.148. The van der Waals surface area contributed by atoms with Crippen molar-refractivity contribution in [3.63, 3.8) is 0 Å². The van der Waals surface area contributed by atoms with Crippen molar-refractivity contribution in [2.75, 3.05) is 19.5 Å². The molecule has 0 fully saturated rings. The summed E-state index contributed by atoms with van der Waals surface area (Å²) in [6.45, 7) is 3.73. The molecular formula is C27H23ClFNO4. The molecule has 174 valence electrons. The maximum atomic E-state index is 13.4. The summed E-state index contributed by atoms with van der Waals surface area (Å²) in [5, 5.41) is 3.51. The Morgan fingerprint density at radius 2 is 1.85 bits per heavy atom. The molecule has 0 saturated carbocycles. The Morgan fingerprint density at radius 1 is 1.09 bits per heavy atom. The molecule has 0 spiro atoms. The number of rotatable bonds is 6. The molecule has 0 unspecified atom stereocenters. The highest BCUT2D eigenvalue weighted by Crippen LogP contribution is 2.42. The number of allylic oxidation sites excluding steroid dienone is 1. The van der Waals surface area contributed by atoms with Gasteiger partial charge in [-0.1, -0.05) is 29.8 Å². The largest absolute Gasteiger partial charge is 0.496 e. The maximum absolute atomic E-state index is 13.4. The van der Waals surface area contributed by atoms with Gasteiger partial charge in [0.1, 0.15) is 22.9 Å². The Morgan fingerprint density at radius 3 is 2.56 bits per heavy atom. The molecule has 4 aromatic rings. The van der Waals surface area contributed by atoms with Gasteiger partial charge in [-0.3, -0.25) is 4.79 Å². The second kappa shape index (κ2) is 9.61. The van der Waals surface area contributed by atoms with Gasteiger partial charge in [0.05, 0.1) is 25.5 Å². The molecule has 0 saturated heterocycles. The lowest BCUT2D eigenvalue weighted by Gasteiger charge is -2.14. The quantitative estimate of drug-likeness (QED) is 0.296. The van der Waals surface area contributed by atoms with E-state index in [1.165, 1.54) is 24.3 Å². The molecule has 34 heavy (non-hydrogen) atoms. The third-order valence-corrected chi connectivity index (χ3v) is 5.89. The van der Waals surface area contributed by atoms with Gasteiger partial charge in [-0.05, 0) is 49.8 Å². The van der Waals surface area contributed by atoms with Crippen molar-refractivity contribution < 1.29 is 23.1 Å². The topological polar surface area (TPSA) is 60.7 Å². The number of hydrogen-bond donors (Lipinski definition) is 1. The first-order chi connectivity index (χ1) is 16.3. The van der Waals surface area contributed by atoms with E-state index < -0.39 is 5.82 Å². The number of benzene rings is 3. The van der Waals surface area contributed by atoms with Crippen molar-refractivity contribution >= 4 is 39.7 Å². The van der Waals surface area contributed by atoms with E-state index in [1.807, 2.05) is 44.2 Å². The number of anilines is 1. The van der Waals surface area contributed by atoms with Crippen LogP contribution >= 0.6 is 11.6 Å². The molecule has 0 aliphatic carbocycles. The third kappa shape index (κ3) is 4.37. The van der Waals surface area contributed by atoms with Gasteiger partial charge in [0.25, 0.3) is 0 Å². The molecule has 0 atom stereocenters. The first kappa shape index (κ1) is 23.4. The van der Waals surface area contributed by atoms with Gasteiger partial charge in [0, 0.05) is 39.4 Å². The number of nitrogens with one attached hydrogen (secondary N) is 1. The minimum Gasteiger partial charge on any atom is -0.496 e. The molecule has 0 aliphatic heterocycles. The van der Waals surface area contributed by atoms with Crippen LogP contribution < -0.4 is 14.8 Å². The number of ether oxygens (including phenoxy) is 2. The Bertz CT molecular complexity index is 1420. The molecule has 0 bridgehead atoms. The van der Waals surface area contributed by atoms with Gasteiger partial charge in [-0.25, -0.2) is 4.39 Å². The van der Waals surface area contributed by atoms with Crippen LogP contribution in [-0.2, 0) is 4.79 Å². The minimum absolute atomic E-state index is 0.0647. The molecule has 1 aromatic heterocycles. The number of para-hydroxylation sites is 1. The van der Waals surface area contributed by atoms with Crippen LogP contribution in [0, 0.1) is 12.7 Å². The Balaban J connectivity index is 1.77. The summed E-state index contributed by atoms with van der Waals surface area (Å²) >= 11 is 5.81. The molecular weight excluding hydrogens is 457 g/mol. The summed E-state index contributed by atoms with van der Waals surface area (Å²) in [7, 11) is 3.20. The van der Waals surface area contributed by atoms with E-state index in [0.717, 1.165) is 33.4 Å². The van der Waals surface area contributed by atoms with Crippen LogP contribution in [-0.4, -0.2) is 20.1 Å². The number of aryl methyl sites for hydroxylation is 1. The lowest BCUT2D eigenvalue weighted by Crippen LogP contribution is -2.09. The summed E-state index contributed by atoms with van der Waals surface area (Å²) in [5.41, 5.74) is 5.10. The molecule has 0 aliphatic rings. The molecule has 7 heteroatoms. The minimum atomic E-state index is -0.550. The molecule has 1 amide bonds. The van der Waals surface area contributed by atoms with Crippen molar-refractivity contribution in [3.8, 4) is 22.6 Å². The normalized spacial score (nSPS) is 11.5. The summed E-state index contributed by atoms with van der Waals surface area (Å²) in [6.07, 6.45) is 3.16. The predicted molar refractivity (Wildman–Crippen MR) is 133 cm³/mol. The molecule has 5 nitrogen and oxygen atoms in total. The number of carbonyl (C=O) groups is 1. The highest BCUT2D eigenvalue weighted by molar-refractivity contribution is 6.31. The number of fused-ring (bicyclic) bond motifs is 1.